The van der Waals surface area contributed by atoms with Crippen LogP contribution in [-0.4, -0.2) is 48.7 Å². The molecule has 0 rings (SSSR count). The van der Waals surface area contributed by atoms with E-state index in [4.69, 9.17) is 9.84 Å². The smallest absolute Gasteiger partial charge is 0.0897 e. The van der Waals surface area contributed by atoms with Gasteiger partial charge in [0.25, 0.3) is 0 Å². The maximum Gasteiger partial charge on any atom is 0.0897 e. The van der Waals surface area contributed by atoms with E-state index in [1.165, 1.54) is 0 Å². The Morgan fingerprint density at radius 1 is 1.17 bits per heavy atom. The average molecular weight is 261 g/mol. The van der Waals surface area contributed by atoms with Crippen molar-refractivity contribution in [3.8, 4) is 0 Å². The van der Waals surface area contributed by atoms with Crippen molar-refractivity contribution in [2.24, 2.45) is 11.8 Å². The molecule has 0 radical (unpaired) electrons. The third-order valence-electron chi connectivity index (χ3n) is 3.00. The standard InChI is InChI=1S/C14H31NO3/c1-11(2)6-5-7-18-10-13(17)8-15-14(9-16)12(3)4/h11-17H,5-10H2,1-4H3/t13?,14-/m1/s1. The summed E-state index contributed by atoms with van der Waals surface area (Å²) in [7, 11) is 0. The minimum atomic E-state index is -0.503. The summed E-state index contributed by atoms with van der Waals surface area (Å²) in [5, 5.41) is 22.0. The molecule has 0 aromatic heterocycles. The maximum atomic E-state index is 9.71. The second kappa shape index (κ2) is 10.7. The SMILES string of the molecule is CC(C)CCCOCC(O)CN[C@H](CO)C(C)C. The largest absolute Gasteiger partial charge is 0.395 e. The third kappa shape index (κ3) is 9.83. The molecule has 0 aromatic rings. The van der Waals surface area contributed by atoms with Gasteiger partial charge in [-0.1, -0.05) is 27.7 Å². The number of nitrogens with one attached hydrogen (secondary N) is 1. The van der Waals surface area contributed by atoms with E-state index in [1.54, 1.807) is 0 Å². The average Bonchev–Trinajstić information content (AvgIpc) is 2.28. The maximum absolute atomic E-state index is 9.71. The molecule has 0 aliphatic rings. The van der Waals surface area contributed by atoms with Gasteiger partial charge in [-0.3, -0.25) is 0 Å². The lowest BCUT2D eigenvalue weighted by molar-refractivity contribution is 0.0312. The highest BCUT2D eigenvalue weighted by molar-refractivity contribution is 4.71. The van der Waals surface area contributed by atoms with E-state index in [0.717, 1.165) is 12.8 Å². The molecule has 0 amide bonds. The molecule has 4 nitrogen and oxygen atoms in total. The number of hydrogen-bond acceptors (Lipinski definition) is 4. The molecular weight excluding hydrogens is 230 g/mol. The molecule has 4 heteroatoms. The number of aliphatic hydroxyl groups is 2. The zero-order valence-corrected chi connectivity index (χ0v) is 12.4. The van der Waals surface area contributed by atoms with Gasteiger partial charge in [0.05, 0.1) is 19.3 Å². The molecule has 0 bridgehead atoms. The predicted molar refractivity (Wildman–Crippen MR) is 74.6 cm³/mol. The Labute approximate surface area is 112 Å². The molecule has 0 saturated heterocycles. The van der Waals surface area contributed by atoms with E-state index >= 15 is 0 Å². The molecule has 0 aliphatic carbocycles. The van der Waals surface area contributed by atoms with Crippen molar-refractivity contribution in [3.63, 3.8) is 0 Å². The lowest BCUT2D eigenvalue weighted by Gasteiger charge is -2.22. The van der Waals surface area contributed by atoms with Crippen molar-refractivity contribution >= 4 is 0 Å². The number of hydrogen-bond donors (Lipinski definition) is 3. The van der Waals surface area contributed by atoms with E-state index in [1.807, 2.05) is 13.8 Å². The Morgan fingerprint density at radius 2 is 1.83 bits per heavy atom. The fourth-order valence-electron chi connectivity index (χ4n) is 1.67. The second-order valence-electron chi connectivity index (χ2n) is 5.71. The van der Waals surface area contributed by atoms with Gasteiger partial charge >= 0.3 is 0 Å². The van der Waals surface area contributed by atoms with Gasteiger partial charge in [-0.15, -0.1) is 0 Å². The molecule has 110 valence electrons. The monoisotopic (exact) mass is 261 g/mol. The molecule has 0 heterocycles. The fraction of sp³-hybridized carbons (Fsp3) is 1.00. The van der Waals surface area contributed by atoms with Crippen molar-refractivity contribution in [2.45, 2.75) is 52.7 Å². The molecule has 0 spiro atoms. The molecule has 0 aliphatic heterocycles. The van der Waals surface area contributed by atoms with Crippen molar-refractivity contribution in [3.05, 3.63) is 0 Å². The number of ether oxygens (including phenoxy) is 1. The fourth-order valence-corrected chi connectivity index (χ4v) is 1.67. The highest BCUT2D eigenvalue weighted by Gasteiger charge is 2.13. The van der Waals surface area contributed by atoms with Crippen LogP contribution in [-0.2, 0) is 4.74 Å². The summed E-state index contributed by atoms with van der Waals surface area (Å²) in [6.07, 6.45) is 1.70. The summed E-state index contributed by atoms with van der Waals surface area (Å²) in [6, 6.07) is 0.0422. The number of rotatable bonds is 11. The second-order valence-corrected chi connectivity index (χ2v) is 5.71. The summed E-state index contributed by atoms with van der Waals surface area (Å²) in [5.41, 5.74) is 0. The lowest BCUT2D eigenvalue weighted by atomic mass is 10.1. The van der Waals surface area contributed by atoms with Crippen molar-refractivity contribution in [1.29, 1.82) is 0 Å². The summed E-state index contributed by atoms with van der Waals surface area (Å²) < 4.78 is 5.42. The Balaban J connectivity index is 3.50. The van der Waals surface area contributed by atoms with Crippen LogP contribution in [0.1, 0.15) is 40.5 Å². The van der Waals surface area contributed by atoms with Gasteiger partial charge in [0.15, 0.2) is 0 Å². The van der Waals surface area contributed by atoms with Crippen LogP contribution in [0, 0.1) is 11.8 Å². The first-order valence-electron chi connectivity index (χ1n) is 7.07. The molecule has 1 unspecified atom stereocenters. The van der Waals surface area contributed by atoms with Gasteiger partial charge in [0.1, 0.15) is 0 Å². The molecule has 18 heavy (non-hydrogen) atoms. The minimum Gasteiger partial charge on any atom is -0.395 e. The summed E-state index contributed by atoms with van der Waals surface area (Å²) in [4.78, 5) is 0. The van der Waals surface area contributed by atoms with E-state index in [9.17, 15) is 5.11 Å². The first kappa shape index (κ1) is 17.8. The number of aliphatic hydroxyl groups excluding tert-OH is 2. The zero-order valence-electron chi connectivity index (χ0n) is 12.4. The molecule has 0 saturated carbocycles. The summed E-state index contributed by atoms with van der Waals surface area (Å²) in [6.45, 7) is 10.1. The molecular formula is C14H31NO3. The molecule has 3 N–H and O–H groups in total. The molecule has 2 atom stereocenters. The van der Waals surface area contributed by atoms with E-state index in [0.29, 0.717) is 31.6 Å². The van der Waals surface area contributed by atoms with Gasteiger partial charge < -0.3 is 20.3 Å². The van der Waals surface area contributed by atoms with Crippen LogP contribution >= 0.6 is 0 Å². The van der Waals surface area contributed by atoms with Crippen LogP contribution < -0.4 is 5.32 Å². The van der Waals surface area contributed by atoms with E-state index in [2.05, 4.69) is 19.2 Å². The van der Waals surface area contributed by atoms with Crippen molar-refractivity contribution in [2.75, 3.05) is 26.4 Å². The quantitative estimate of drug-likeness (QED) is 0.492. The van der Waals surface area contributed by atoms with Crippen LogP contribution in [0.15, 0.2) is 0 Å². The zero-order chi connectivity index (χ0) is 14.0. The van der Waals surface area contributed by atoms with Gasteiger partial charge in [-0.05, 0) is 24.7 Å². The van der Waals surface area contributed by atoms with Crippen LogP contribution in [0.5, 0.6) is 0 Å². The molecule has 0 aromatic carbocycles. The first-order valence-corrected chi connectivity index (χ1v) is 7.07. The molecule has 0 fully saturated rings. The van der Waals surface area contributed by atoms with Gasteiger partial charge in [-0.2, -0.15) is 0 Å². The van der Waals surface area contributed by atoms with Gasteiger partial charge in [0, 0.05) is 19.2 Å². The Hall–Kier alpha value is -0.160. The Bertz CT molecular complexity index is 186. The van der Waals surface area contributed by atoms with Gasteiger partial charge in [-0.25, -0.2) is 0 Å². The first-order chi connectivity index (χ1) is 8.47. The van der Waals surface area contributed by atoms with Crippen LogP contribution in [0.2, 0.25) is 0 Å². The lowest BCUT2D eigenvalue weighted by Crippen LogP contribution is -2.42. The van der Waals surface area contributed by atoms with Crippen LogP contribution in [0.4, 0.5) is 0 Å². The summed E-state index contributed by atoms with van der Waals surface area (Å²) in [5.74, 6) is 1.06. The van der Waals surface area contributed by atoms with Crippen molar-refractivity contribution in [1.82, 2.24) is 5.32 Å². The van der Waals surface area contributed by atoms with E-state index < -0.39 is 6.10 Å². The van der Waals surface area contributed by atoms with Crippen LogP contribution in [0.25, 0.3) is 0 Å². The van der Waals surface area contributed by atoms with Crippen LogP contribution in [0.3, 0.4) is 0 Å². The summed E-state index contributed by atoms with van der Waals surface area (Å²) >= 11 is 0. The Kier molecular flexibility index (Phi) is 10.6. The highest BCUT2D eigenvalue weighted by atomic mass is 16.5. The normalized spacial score (nSPS) is 15.3. The third-order valence-corrected chi connectivity index (χ3v) is 3.00. The van der Waals surface area contributed by atoms with Crippen molar-refractivity contribution < 1.29 is 14.9 Å². The van der Waals surface area contributed by atoms with E-state index in [-0.39, 0.29) is 12.6 Å². The highest BCUT2D eigenvalue weighted by Crippen LogP contribution is 2.03. The minimum absolute atomic E-state index is 0.0422. The topological polar surface area (TPSA) is 61.7 Å². The van der Waals surface area contributed by atoms with Gasteiger partial charge in [0.2, 0.25) is 0 Å². The predicted octanol–water partition coefficient (Wildman–Crippen LogP) is 1.41. The Morgan fingerprint density at radius 3 is 2.33 bits per heavy atom.